The minimum Gasteiger partial charge on any atom is -0.353 e. The van der Waals surface area contributed by atoms with Crippen LogP contribution in [0, 0.1) is 5.92 Å². The van der Waals surface area contributed by atoms with Crippen LogP contribution in [0.25, 0.3) is 0 Å². The number of nitrogens with one attached hydrogen (secondary N) is 1. The van der Waals surface area contributed by atoms with Gasteiger partial charge in [-0.2, -0.15) is 11.8 Å². The van der Waals surface area contributed by atoms with Gasteiger partial charge in [0.1, 0.15) is 0 Å². The molecule has 0 bridgehead atoms. The molecule has 1 unspecified atom stereocenters. The topological polar surface area (TPSA) is 66.5 Å². The molecule has 0 radical (unpaired) electrons. The number of carbonyl (C=O) groups excluding carboxylic acids is 3. The van der Waals surface area contributed by atoms with E-state index in [2.05, 4.69) is 19.2 Å². The van der Waals surface area contributed by atoms with Crippen LogP contribution in [0.5, 0.6) is 0 Å². The number of rotatable bonds is 7. The molecular formula is C17H22N2O3S. The van der Waals surface area contributed by atoms with Gasteiger partial charge in [0.2, 0.25) is 5.91 Å². The highest BCUT2D eigenvalue weighted by Crippen LogP contribution is 2.22. The number of hydrogen-bond acceptors (Lipinski definition) is 4. The number of thioether (sulfide) groups is 1. The Morgan fingerprint density at radius 2 is 1.70 bits per heavy atom. The summed E-state index contributed by atoms with van der Waals surface area (Å²) in [6.07, 6.45) is 0. The summed E-state index contributed by atoms with van der Waals surface area (Å²) in [5.41, 5.74) is 0.928. The van der Waals surface area contributed by atoms with E-state index in [1.165, 1.54) is 16.7 Å². The van der Waals surface area contributed by atoms with E-state index in [1.54, 1.807) is 24.3 Å². The summed E-state index contributed by atoms with van der Waals surface area (Å²) < 4.78 is 0. The van der Waals surface area contributed by atoms with Crippen LogP contribution in [0.4, 0.5) is 0 Å². The number of imide groups is 1. The van der Waals surface area contributed by atoms with Crippen molar-refractivity contribution < 1.29 is 14.4 Å². The van der Waals surface area contributed by atoms with Crippen molar-refractivity contribution in [3.63, 3.8) is 0 Å². The van der Waals surface area contributed by atoms with Gasteiger partial charge in [-0.3, -0.25) is 19.3 Å². The van der Waals surface area contributed by atoms with Crippen LogP contribution in [-0.2, 0) is 4.79 Å². The quantitative estimate of drug-likeness (QED) is 0.613. The molecule has 1 aliphatic rings. The molecule has 23 heavy (non-hydrogen) atoms. The monoisotopic (exact) mass is 334 g/mol. The maximum Gasteiger partial charge on any atom is 0.261 e. The summed E-state index contributed by atoms with van der Waals surface area (Å²) in [6, 6.07) is 6.98. The first kappa shape index (κ1) is 17.5. The van der Waals surface area contributed by atoms with E-state index >= 15 is 0 Å². The van der Waals surface area contributed by atoms with Crippen molar-refractivity contribution in [2.24, 2.45) is 5.92 Å². The highest BCUT2D eigenvalue weighted by molar-refractivity contribution is 7.99. The number of carbonyl (C=O) groups is 3. The van der Waals surface area contributed by atoms with E-state index in [1.807, 2.05) is 6.92 Å². The first-order valence-corrected chi connectivity index (χ1v) is 8.89. The zero-order valence-corrected chi connectivity index (χ0v) is 14.5. The third kappa shape index (κ3) is 4.13. The van der Waals surface area contributed by atoms with Crippen molar-refractivity contribution in [3.05, 3.63) is 35.4 Å². The molecule has 6 heteroatoms. The van der Waals surface area contributed by atoms with Crippen molar-refractivity contribution in [2.45, 2.75) is 26.8 Å². The van der Waals surface area contributed by atoms with E-state index in [0.717, 1.165) is 0 Å². The molecule has 1 N–H and O–H groups in total. The fourth-order valence-corrected chi connectivity index (χ4v) is 2.95. The predicted molar refractivity (Wildman–Crippen MR) is 91.6 cm³/mol. The molecule has 1 aliphatic heterocycles. The lowest BCUT2D eigenvalue weighted by Gasteiger charge is -2.17. The van der Waals surface area contributed by atoms with Gasteiger partial charge >= 0.3 is 0 Å². The van der Waals surface area contributed by atoms with Crippen molar-refractivity contribution in [1.82, 2.24) is 10.2 Å². The van der Waals surface area contributed by atoms with E-state index in [0.29, 0.717) is 35.1 Å². The van der Waals surface area contributed by atoms with Crippen molar-refractivity contribution >= 4 is 29.5 Å². The number of benzene rings is 1. The van der Waals surface area contributed by atoms with Gasteiger partial charge in [0, 0.05) is 18.3 Å². The van der Waals surface area contributed by atoms with Gasteiger partial charge in [-0.1, -0.05) is 26.0 Å². The Hall–Kier alpha value is -1.82. The minimum atomic E-state index is -0.246. The fourth-order valence-electron chi connectivity index (χ4n) is 2.23. The van der Waals surface area contributed by atoms with Crippen LogP contribution >= 0.6 is 11.8 Å². The van der Waals surface area contributed by atoms with Gasteiger partial charge in [0.05, 0.1) is 16.9 Å². The van der Waals surface area contributed by atoms with E-state index in [4.69, 9.17) is 0 Å². The lowest BCUT2D eigenvalue weighted by molar-refractivity contribution is -0.119. The van der Waals surface area contributed by atoms with Crippen LogP contribution in [0.2, 0.25) is 0 Å². The maximum atomic E-state index is 12.2. The molecule has 0 saturated heterocycles. The molecule has 5 nitrogen and oxygen atoms in total. The number of amides is 3. The van der Waals surface area contributed by atoms with Gasteiger partial charge in [0.25, 0.3) is 11.8 Å². The molecule has 0 aliphatic carbocycles. The number of nitrogens with zero attached hydrogens (tertiary/aromatic N) is 1. The third-order valence-corrected chi connectivity index (χ3v) is 4.90. The molecule has 0 aromatic heterocycles. The SMILES string of the molecule is CC(C)C(C)NC(=O)CSCCN1C(=O)c2ccccc2C1=O. The molecule has 1 aromatic carbocycles. The minimum absolute atomic E-state index is 0.0152. The molecule has 1 aromatic rings. The van der Waals surface area contributed by atoms with Crippen molar-refractivity contribution in [1.29, 1.82) is 0 Å². The summed E-state index contributed by atoms with van der Waals surface area (Å²) in [5, 5.41) is 2.93. The first-order chi connectivity index (χ1) is 10.9. The Kier molecular flexibility index (Phi) is 5.82. The van der Waals surface area contributed by atoms with Crippen LogP contribution in [0.15, 0.2) is 24.3 Å². The molecule has 2 rings (SSSR count). The second-order valence-electron chi connectivity index (χ2n) is 5.96. The number of hydrogen-bond donors (Lipinski definition) is 1. The number of fused-ring (bicyclic) bond motifs is 1. The van der Waals surface area contributed by atoms with Gasteiger partial charge in [-0.25, -0.2) is 0 Å². The highest BCUT2D eigenvalue weighted by Gasteiger charge is 2.34. The second-order valence-corrected chi connectivity index (χ2v) is 7.07. The van der Waals surface area contributed by atoms with Gasteiger partial charge < -0.3 is 5.32 Å². The molecule has 124 valence electrons. The summed E-state index contributed by atoms with van der Waals surface area (Å²) in [7, 11) is 0. The largest absolute Gasteiger partial charge is 0.353 e. The van der Waals surface area contributed by atoms with Crippen LogP contribution in [0.1, 0.15) is 41.5 Å². The van der Waals surface area contributed by atoms with Gasteiger partial charge in [0.15, 0.2) is 0 Å². The molecule has 1 atom stereocenters. The average molecular weight is 334 g/mol. The first-order valence-electron chi connectivity index (χ1n) is 7.74. The van der Waals surface area contributed by atoms with Crippen LogP contribution in [0.3, 0.4) is 0 Å². The zero-order chi connectivity index (χ0) is 17.0. The summed E-state index contributed by atoms with van der Waals surface area (Å²) in [5.74, 6) is 0.767. The second kappa shape index (κ2) is 7.64. The van der Waals surface area contributed by atoms with Crippen LogP contribution < -0.4 is 5.32 Å². The smallest absolute Gasteiger partial charge is 0.261 e. The van der Waals surface area contributed by atoms with E-state index < -0.39 is 0 Å². The standard InChI is InChI=1S/C17H22N2O3S/c1-11(2)12(3)18-15(20)10-23-9-8-19-16(21)13-6-4-5-7-14(13)17(19)22/h4-7,11-12H,8-10H2,1-3H3,(H,18,20). The van der Waals surface area contributed by atoms with E-state index in [-0.39, 0.29) is 23.8 Å². The Balaban J connectivity index is 1.77. The Morgan fingerprint density at radius 1 is 1.13 bits per heavy atom. The molecule has 3 amide bonds. The average Bonchev–Trinajstić information content (AvgIpc) is 2.76. The summed E-state index contributed by atoms with van der Waals surface area (Å²) in [4.78, 5) is 37.4. The molecule has 1 heterocycles. The molecule has 0 spiro atoms. The zero-order valence-electron chi connectivity index (χ0n) is 13.7. The Labute approximate surface area is 140 Å². The maximum absolute atomic E-state index is 12.2. The lowest BCUT2D eigenvalue weighted by atomic mass is 10.1. The fraction of sp³-hybridized carbons (Fsp3) is 0.471. The molecule has 0 fully saturated rings. The summed E-state index contributed by atoms with van der Waals surface area (Å²) >= 11 is 1.43. The van der Waals surface area contributed by atoms with Crippen LogP contribution in [-0.4, -0.2) is 46.7 Å². The van der Waals surface area contributed by atoms with Crippen molar-refractivity contribution in [2.75, 3.05) is 18.1 Å². The van der Waals surface area contributed by atoms with Crippen molar-refractivity contribution in [3.8, 4) is 0 Å². The summed E-state index contributed by atoms with van der Waals surface area (Å²) in [6.45, 7) is 6.41. The lowest BCUT2D eigenvalue weighted by Crippen LogP contribution is -2.37. The molecule has 0 saturated carbocycles. The normalized spacial score (nSPS) is 15.0. The van der Waals surface area contributed by atoms with Gasteiger partial charge in [-0.05, 0) is 25.0 Å². The Morgan fingerprint density at radius 3 is 2.22 bits per heavy atom. The third-order valence-electron chi connectivity index (χ3n) is 3.96. The molecular weight excluding hydrogens is 312 g/mol. The van der Waals surface area contributed by atoms with E-state index in [9.17, 15) is 14.4 Å². The van der Waals surface area contributed by atoms with Gasteiger partial charge in [-0.15, -0.1) is 0 Å². The predicted octanol–water partition coefficient (Wildman–Crippen LogP) is 2.18. The highest BCUT2D eigenvalue weighted by atomic mass is 32.2. The Bertz CT molecular complexity index is 581.